The fourth-order valence-corrected chi connectivity index (χ4v) is 4.22. The van der Waals surface area contributed by atoms with Crippen LogP contribution in [0.1, 0.15) is 47.9 Å². The van der Waals surface area contributed by atoms with Crippen molar-refractivity contribution in [3.05, 3.63) is 64.2 Å². The third-order valence-electron chi connectivity index (χ3n) is 5.30. The lowest BCUT2D eigenvalue weighted by Gasteiger charge is -2.22. The zero-order valence-corrected chi connectivity index (χ0v) is 14.0. The fourth-order valence-electron chi connectivity index (χ4n) is 4.22. The monoisotopic (exact) mass is 306 g/mol. The first-order valence-electron chi connectivity index (χ1n) is 8.35. The molecule has 0 radical (unpaired) electrons. The molecule has 0 saturated carbocycles. The number of hydrogen-bond acceptors (Lipinski definition) is 2. The van der Waals surface area contributed by atoms with E-state index < -0.39 is 0 Å². The average molecular weight is 306 g/mol. The van der Waals surface area contributed by atoms with Crippen molar-refractivity contribution < 1.29 is 9.47 Å². The van der Waals surface area contributed by atoms with Crippen molar-refractivity contribution in [3.8, 4) is 11.5 Å². The fraction of sp³-hybridized carbons (Fsp3) is 0.333. The number of ether oxygens (including phenoxy) is 2. The van der Waals surface area contributed by atoms with E-state index in [0.717, 1.165) is 30.8 Å². The maximum absolute atomic E-state index is 5.45. The molecule has 0 amide bonds. The third kappa shape index (κ3) is 2.08. The van der Waals surface area contributed by atoms with E-state index >= 15 is 0 Å². The van der Waals surface area contributed by atoms with E-state index in [4.69, 9.17) is 9.47 Å². The summed E-state index contributed by atoms with van der Waals surface area (Å²) in [4.78, 5) is 0. The highest BCUT2D eigenvalue weighted by atomic mass is 16.5. The van der Waals surface area contributed by atoms with Gasteiger partial charge in [0.15, 0.2) is 0 Å². The van der Waals surface area contributed by atoms with Crippen LogP contribution < -0.4 is 9.47 Å². The molecule has 1 atom stereocenters. The van der Waals surface area contributed by atoms with Gasteiger partial charge < -0.3 is 9.47 Å². The lowest BCUT2D eigenvalue weighted by atomic mass is 9.82. The lowest BCUT2D eigenvalue weighted by molar-refractivity contribution is 0.414. The molecule has 23 heavy (non-hydrogen) atoms. The van der Waals surface area contributed by atoms with Crippen LogP contribution in [-0.2, 0) is 6.42 Å². The normalized spacial score (nSPS) is 18.3. The molecule has 1 unspecified atom stereocenters. The van der Waals surface area contributed by atoms with Crippen LogP contribution in [0.2, 0.25) is 0 Å². The van der Waals surface area contributed by atoms with E-state index in [0.29, 0.717) is 5.92 Å². The zero-order valence-electron chi connectivity index (χ0n) is 14.0. The van der Waals surface area contributed by atoms with Gasteiger partial charge in [-0.05, 0) is 71.4 Å². The van der Waals surface area contributed by atoms with E-state index in [1.807, 2.05) is 0 Å². The second-order valence-electron chi connectivity index (χ2n) is 6.34. The van der Waals surface area contributed by atoms with E-state index in [1.54, 1.807) is 19.8 Å². The topological polar surface area (TPSA) is 18.5 Å². The SMILES string of the molecule is CCC1C2=C(c3ccc(OC)cc3CC2)c2ccc(OC)cc21. The van der Waals surface area contributed by atoms with Crippen molar-refractivity contribution in [2.45, 2.75) is 32.1 Å². The van der Waals surface area contributed by atoms with Gasteiger partial charge in [0.1, 0.15) is 11.5 Å². The summed E-state index contributed by atoms with van der Waals surface area (Å²) in [6.45, 7) is 2.29. The van der Waals surface area contributed by atoms with Gasteiger partial charge >= 0.3 is 0 Å². The molecule has 0 spiro atoms. The van der Waals surface area contributed by atoms with Gasteiger partial charge in [0.2, 0.25) is 0 Å². The number of rotatable bonds is 3. The number of aryl methyl sites for hydroxylation is 1. The minimum atomic E-state index is 0.533. The Hall–Kier alpha value is -2.22. The molecular weight excluding hydrogens is 284 g/mol. The summed E-state index contributed by atoms with van der Waals surface area (Å²) >= 11 is 0. The Balaban J connectivity index is 1.91. The first kappa shape index (κ1) is 14.4. The summed E-state index contributed by atoms with van der Waals surface area (Å²) in [6.07, 6.45) is 3.39. The molecule has 0 fully saturated rings. The number of fused-ring (bicyclic) bond motifs is 4. The zero-order chi connectivity index (χ0) is 16.0. The van der Waals surface area contributed by atoms with E-state index in [2.05, 4.69) is 43.3 Å². The van der Waals surface area contributed by atoms with Crippen molar-refractivity contribution in [3.63, 3.8) is 0 Å². The maximum Gasteiger partial charge on any atom is 0.119 e. The second-order valence-corrected chi connectivity index (χ2v) is 6.34. The Kier molecular flexibility index (Phi) is 3.41. The predicted octanol–water partition coefficient (Wildman–Crippen LogP) is 4.96. The molecule has 0 aliphatic heterocycles. The van der Waals surface area contributed by atoms with Gasteiger partial charge in [0.25, 0.3) is 0 Å². The molecule has 0 aromatic heterocycles. The Bertz CT molecular complexity index is 801. The lowest BCUT2D eigenvalue weighted by Crippen LogP contribution is -2.06. The Labute approximate surface area is 137 Å². The number of hydrogen-bond donors (Lipinski definition) is 0. The van der Waals surface area contributed by atoms with Gasteiger partial charge in [-0.2, -0.15) is 0 Å². The highest BCUT2D eigenvalue weighted by molar-refractivity contribution is 5.91. The molecule has 118 valence electrons. The molecule has 2 nitrogen and oxygen atoms in total. The molecule has 2 aliphatic rings. The maximum atomic E-state index is 5.45. The highest BCUT2D eigenvalue weighted by Gasteiger charge is 2.34. The van der Waals surface area contributed by atoms with Gasteiger partial charge in [-0.15, -0.1) is 0 Å². The van der Waals surface area contributed by atoms with Crippen LogP contribution in [0.15, 0.2) is 42.0 Å². The van der Waals surface area contributed by atoms with Gasteiger partial charge in [0, 0.05) is 5.92 Å². The van der Waals surface area contributed by atoms with Gasteiger partial charge in [0.05, 0.1) is 14.2 Å². The summed E-state index contributed by atoms with van der Waals surface area (Å²) in [5, 5.41) is 0. The summed E-state index contributed by atoms with van der Waals surface area (Å²) in [5.74, 6) is 2.44. The van der Waals surface area contributed by atoms with E-state index in [9.17, 15) is 0 Å². The van der Waals surface area contributed by atoms with Gasteiger partial charge in [-0.25, -0.2) is 0 Å². The minimum absolute atomic E-state index is 0.533. The molecular formula is C21H22O2. The van der Waals surface area contributed by atoms with Crippen molar-refractivity contribution >= 4 is 5.57 Å². The van der Waals surface area contributed by atoms with Gasteiger partial charge in [-0.3, -0.25) is 0 Å². The number of benzene rings is 2. The van der Waals surface area contributed by atoms with Crippen molar-refractivity contribution in [1.82, 2.24) is 0 Å². The van der Waals surface area contributed by atoms with Crippen LogP contribution in [0.5, 0.6) is 11.5 Å². The summed E-state index contributed by atoms with van der Waals surface area (Å²) < 4.78 is 10.9. The Morgan fingerprint density at radius 2 is 1.61 bits per heavy atom. The standard InChI is InChI=1S/C21H22O2/c1-4-16-18-8-5-13-11-14(22-2)6-9-17(13)21(18)19-10-7-15(23-3)12-20(16)19/h6-7,9-12,16H,4-5,8H2,1-3H3. The van der Waals surface area contributed by atoms with Crippen LogP contribution >= 0.6 is 0 Å². The molecule has 0 saturated heterocycles. The number of allylic oxidation sites excluding steroid dienone is 1. The molecule has 2 aliphatic carbocycles. The molecule has 0 heterocycles. The molecule has 0 N–H and O–H groups in total. The van der Waals surface area contributed by atoms with Crippen LogP contribution in [-0.4, -0.2) is 14.2 Å². The summed E-state index contributed by atoms with van der Waals surface area (Å²) in [5.41, 5.74) is 8.67. The first-order valence-corrected chi connectivity index (χ1v) is 8.35. The van der Waals surface area contributed by atoms with Crippen LogP contribution in [0.3, 0.4) is 0 Å². The van der Waals surface area contributed by atoms with Crippen molar-refractivity contribution in [2.75, 3.05) is 14.2 Å². The van der Waals surface area contributed by atoms with Crippen LogP contribution in [0, 0.1) is 0 Å². The Morgan fingerprint density at radius 3 is 2.30 bits per heavy atom. The summed E-state index contributed by atoms with van der Waals surface area (Å²) in [7, 11) is 3.48. The van der Waals surface area contributed by atoms with E-state index in [1.165, 1.54) is 27.8 Å². The van der Waals surface area contributed by atoms with E-state index in [-0.39, 0.29) is 0 Å². The van der Waals surface area contributed by atoms with Gasteiger partial charge in [-0.1, -0.05) is 24.6 Å². The molecule has 2 aromatic rings. The minimum Gasteiger partial charge on any atom is -0.497 e. The molecule has 2 heteroatoms. The van der Waals surface area contributed by atoms with Crippen LogP contribution in [0.4, 0.5) is 0 Å². The smallest absolute Gasteiger partial charge is 0.119 e. The quantitative estimate of drug-likeness (QED) is 0.798. The van der Waals surface area contributed by atoms with Crippen LogP contribution in [0.25, 0.3) is 5.57 Å². The molecule has 2 aromatic carbocycles. The highest BCUT2D eigenvalue weighted by Crippen LogP contribution is 2.52. The second kappa shape index (κ2) is 5.45. The predicted molar refractivity (Wildman–Crippen MR) is 93.4 cm³/mol. The molecule has 4 rings (SSSR count). The average Bonchev–Trinajstić information content (AvgIpc) is 2.93. The van der Waals surface area contributed by atoms with Crippen molar-refractivity contribution in [1.29, 1.82) is 0 Å². The third-order valence-corrected chi connectivity index (χ3v) is 5.30. The summed E-state index contributed by atoms with van der Waals surface area (Å²) in [6, 6.07) is 13.1. The van der Waals surface area contributed by atoms with Crippen molar-refractivity contribution in [2.24, 2.45) is 0 Å². The first-order chi connectivity index (χ1) is 11.3. The largest absolute Gasteiger partial charge is 0.497 e. The number of methoxy groups -OCH3 is 2. The Morgan fingerprint density at radius 1 is 0.913 bits per heavy atom. The molecule has 0 bridgehead atoms.